The van der Waals surface area contributed by atoms with Crippen LogP contribution in [0.5, 0.6) is 0 Å². The zero-order chi connectivity index (χ0) is 33.8. The van der Waals surface area contributed by atoms with Crippen LogP contribution in [-0.4, -0.2) is 0 Å². The Hall–Kier alpha value is -6.19. The van der Waals surface area contributed by atoms with E-state index in [1.165, 1.54) is 61.3 Å². The van der Waals surface area contributed by atoms with Gasteiger partial charge in [0, 0.05) is 0 Å². The second-order valence-corrected chi connectivity index (χ2v) is 12.9. The third kappa shape index (κ3) is 5.38. The minimum atomic E-state index is -4.37. The summed E-state index contributed by atoms with van der Waals surface area (Å²) in [5.41, 5.74) is 7.63. The fourth-order valence-electron chi connectivity index (χ4n) is 7.24. The predicted molar refractivity (Wildman–Crippen MR) is 203 cm³/mol. The molecule has 0 amide bonds. The molecule has 0 aromatic heterocycles. The average molecular weight is 651 g/mol. The molecule has 0 atom stereocenters. The van der Waals surface area contributed by atoms with E-state index in [4.69, 9.17) is 0 Å². The molecular formula is C47H29F3. The van der Waals surface area contributed by atoms with Crippen LogP contribution in [-0.2, 0) is 6.18 Å². The summed E-state index contributed by atoms with van der Waals surface area (Å²) in [7, 11) is 0. The standard InChI is InChI=1S/C47H29F3/c48-47(49,50)42-11-6-9-31(28-42)33-16-18-37-26-39(22-20-35(37)24-33)38-21-19-34-23-32(15-17-36(34)25-38)30-8-5-10-40(27-30)46-29-41-7-1-2-12-43(41)44-13-3-4-14-45(44)46/h1-29H. The van der Waals surface area contributed by atoms with Crippen molar-refractivity contribution in [1.29, 1.82) is 0 Å². The minimum Gasteiger partial charge on any atom is -0.166 e. The molecule has 9 aromatic rings. The monoisotopic (exact) mass is 650 g/mol. The summed E-state index contributed by atoms with van der Waals surface area (Å²) in [6.45, 7) is 0. The minimum absolute atomic E-state index is 0.550. The van der Waals surface area contributed by atoms with Gasteiger partial charge in [0.15, 0.2) is 0 Å². The molecule has 0 aliphatic rings. The van der Waals surface area contributed by atoms with Crippen LogP contribution in [0.15, 0.2) is 176 Å². The second kappa shape index (κ2) is 11.7. The van der Waals surface area contributed by atoms with Gasteiger partial charge in [0.2, 0.25) is 0 Å². The van der Waals surface area contributed by atoms with Crippen molar-refractivity contribution in [1.82, 2.24) is 0 Å². The Labute approximate surface area is 287 Å². The van der Waals surface area contributed by atoms with Crippen LogP contribution in [0.2, 0.25) is 0 Å². The highest BCUT2D eigenvalue weighted by molar-refractivity contribution is 6.14. The van der Waals surface area contributed by atoms with Gasteiger partial charge in [0.1, 0.15) is 0 Å². The van der Waals surface area contributed by atoms with Gasteiger partial charge in [0.25, 0.3) is 0 Å². The summed E-state index contributed by atoms with van der Waals surface area (Å²) in [5.74, 6) is 0. The molecule has 50 heavy (non-hydrogen) atoms. The van der Waals surface area contributed by atoms with Gasteiger partial charge in [-0.05, 0) is 136 Å². The fraction of sp³-hybridized carbons (Fsp3) is 0.0213. The molecule has 0 saturated heterocycles. The van der Waals surface area contributed by atoms with Crippen molar-refractivity contribution in [3.05, 3.63) is 181 Å². The molecule has 0 saturated carbocycles. The van der Waals surface area contributed by atoms with Crippen LogP contribution in [0.25, 0.3) is 87.6 Å². The van der Waals surface area contributed by atoms with Crippen LogP contribution < -0.4 is 0 Å². The van der Waals surface area contributed by atoms with E-state index in [0.717, 1.165) is 38.9 Å². The first kappa shape index (κ1) is 29.9. The van der Waals surface area contributed by atoms with Crippen LogP contribution >= 0.6 is 0 Å². The van der Waals surface area contributed by atoms with E-state index in [9.17, 15) is 13.2 Å². The Morgan fingerprint density at radius 1 is 0.280 bits per heavy atom. The lowest BCUT2D eigenvalue weighted by atomic mass is 9.91. The molecule has 0 nitrogen and oxygen atoms in total. The fourth-order valence-corrected chi connectivity index (χ4v) is 7.24. The lowest BCUT2D eigenvalue weighted by Crippen LogP contribution is -2.04. The predicted octanol–water partition coefficient (Wildman–Crippen LogP) is 14.0. The second-order valence-electron chi connectivity index (χ2n) is 12.9. The lowest BCUT2D eigenvalue weighted by Gasteiger charge is -2.13. The summed E-state index contributed by atoms with van der Waals surface area (Å²) in [6, 6.07) is 59.1. The van der Waals surface area contributed by atoms with Crippen LogP contribution in [0.4, 0.5) is 13.2 Å². The van der Waals surface area contributed by atoms with Crippen LogP contribution in [0, 0.1) is 0 Å². The zero-order valence-electron chi connectivity index (χ0n) is 26.9. The smallest absolute Gasteiger partial charge is 0.166 e. The third-order valence-corrected chi connectivity index (χ3v) is 9.81. The van der Waals surface area contributed by atoms with Gasteiger partial charge in [0.05, 0.1) is 5.56 Å². The van der Waals surface area contributed by atoms with E-state index in [2.05, 4.69) is 127 Å². The quantitative estimate of drug-likeness (QED) is 0.166. The maximum absolute atomic E-state index is 13.3. The highest BCUT2D eigenvalue weighted by atomic mass is 19.4. The molecule has 238 valence electrons. The summed E-state index contributed by atoms with van der Waals surface area (Å²) >= 11 is 0. The maximum Gasteiger partial charge on any atom is 0.416 e. The molecule has 0 heterocycles. The molecule has 0 aliphatic heterocycles. The number of rotatable bonds is 4. The number of hydrogen-bond acceptors (Lipinski definition) is 0. The Morgan fingerprint density at radius 2 is 0.720 bits per heavy atom. The molecule has 0 N–H and O–H groups in total. The van der Waals surface area contributed by atoms with Gasteiger partial charge in [-0.1, -0.05) is 127 Å². The molecule has 0 unspecified atom stereocenters. The Bertz CT molecular complexity index is 2750. The third-order valence-electron chi connectivity index (χ3n) is 9.81. The molecule has 0 fully saturated rings. The summed E-state index contributed by atoms with van der Waals surface area (Å²) in [5, 5.41) is 9.35. The molecule has 9 rings (SSSR count). The normalized spacial score (nSPS) is 11.9. The van der Waals surface area contributed by atoms with Crippen molar-refractivity contribution in [2.75, 3.05) is 0 Å². The maximum atomic E-state index is 13.3. The first-order chi connectivity index (χ1) is 24.4. The van der Waals surface area contributed by atoms with Crippen LogP contribution in [0.3, 0.4) is 0 Å². The number of hydrogen-bond donors (Lipinski definition) is 0. The van der Waals surface area contributed by atoms with Crippen molar-refractivity contribution >= 4 is 43.1 Å². The van der Waals surface area contributed by atoms with Gasteiger partial charge in [-0.2, -0.15) is 13.2 Å². The van der Waals surface area contributed by atoms with Crippen molar-refractivity contribution < 1.29 is 13.2 Å². The molecule has 0 radical (unpaired) electrons. The first-order valence-corrected chi connectivity index (χ1v) is 16.6. The Morgan fingerprint density at radius 3 is 1.28 bits per heavy atom. The summed E-state index contributed by atoms with van der Waals surface area (Å²) < 4.78 is 39.9. The summed E-state index contributed by atoms with van der Waals surface area (Å²) in [6.07, 6.45) is -4.37. The molecule has 9 aromatic carbocycles. The van der Waals surface area contributed by atoms with Crippen molar-refractivity contribution in [2.24, 2.45) is 0 Å². The van der Waals surface area contributed by atoms with E-state index in [-0.39, 0.29) is 0 Å². The number of fused-ring (bicyclic) bond motifs is 5. The van der Waals surface area contributed by atoms with Crippen LogP contribution in [0.1, 0.15) is 5.56 Å². The lowest BCUT2D eigenvalue weighted by molar-refractivity contribution is -0.137. The number of alkyl halides is 3. The van der Waals surface area contributed by atoms with E-state index in [0.29, 0.717) is 5.56 Å². The van der Waals surface area contributed by atoms with E-state index >= 15 is 0 Å². The van der Waals surface area contributed by atoms with Gasteiger partial charge in [-0.15, -0.1) is 0 Å². The molecule has 0 bridgehead atoms. The van der Waals surface area contributed by atoms with Gasteiger partial charge < -0.3 is 0 Å². The average Bonchev–Trinajstić information content (AvgIpc) is 3.16. The SMILES string of the molecule is FC(F)(F)c1cccc(-c2ccc3cc(-c4ccc5cc(-c6cccc(-c7cc8ccccc8c8ccccc78)c6)ccc5c4)ccc3c2)c1. The van der Waals surface area contributed by atoms with E-state index < -0.39 is 11.7 Å². The van der Waals surface area contributed by atoms with Crippen molar-refractivity contribution in [2.45, 2.75) is 6.18 Å². The van der Waals surface area contributed by atoms with Crippen molar-refractivity contribution in [3.63, 3.8) is 0 Å². The topological polar surface area (TPSA) is 0 Å². The van der Waals surface area contributed by atoms with Gasteiger partial charge in [-0.25, -0.2) is 0 Å². The first-order valence-electron chi connectivity index (χ1n) is 16.6. The van der Waals surface area contributed by atoms with E-state index in [1.54, 1.807) is 6.07 Å². The highest BCUT2D eigenvalue weighted by Crippen LogP contribution is 2.38. The van der Waals surface area contributed by atoms with Gasteiger partial charge in [-0.3, -0.25) is 0 Å². The summed E-state index contributed by atoms with van der Waals surface area (Å²) in [4.78, 5) is 0. The Kier molecular flexibility index (Phi) is 7.03. The largest absolute Gasteiger partial charge is 0.416 e. The molecule has 0 spiro atoms. The Balaban J connectivity index is 1.03. The van der Waals surface area contributed by atoms with Gasteiger partial charge >= 0.3 is 6.18 Å². The van der Waals surface area contributed by atoms with E-state index in [1.807, 2.05) is 24.3 Å². The van der Waals surface area contributed by atoms with Crippen molar-refractivity contribution in [3.8, 4) is 44.5 Å². The molecule has 0 aliphatic carbocycles. The molecular weight excluding hydrogens is 622 g/mol. The highest BCUT2D eigenvalue weighted by Gasteiger charge is 2.30. The molecule has 3 heteroatoms. The number of benzene rings is 9. The zero-order valence-corrected chi connectivity index (χ0v) is 26.9. The number of halogens is 3.